The van der Waals surface area contributed by atoms with E-state index in [-0.39, 0.29) is 18.4 Å². The molecule has 0 heterocycles. The molecule has 0 atom stereocenters. The van der Waals surface area contributed by atoms with Crippen molar-refractivity contribution in [3.05, 3.63) is 12.2 Å². The highest BCUT2D eigenvalue weighted by molar-refractivity contribution is 5.85. The zero-order valence-electron chi connectivity index (χ0n) is 6.29. The van der Waals surface area contributed by atoms with Crippen molar-refractivity contribution in [3.63, 3.8) is 0 Å². The minimum atomic E-state index is -0.145. The van der Waals surface area contributed by atoms with Gasteiger partial charge in [0.1, 0.15) is 0 Å². The van der Waals surface area contributed by atoms with Gasteiger partial charge in [0.05, 0.1) is 7.11 Å². The number of carbonyl (C=O) groups excluding carboxylic acids is 1. The van der Waals surface area contributed by atoms with Gasteiger partial charge in [0.15, 0.2) is 0 Å². The Kier molecular flexibility index (Phi) is 10.4. The summed E-state index contributed by atoms with van der Waals surface area (Å²) in [5.74, 6) is -0.145. The number of rotatable bonds is 3. The monoisotopic (exact) mass is 164 g/mol. The second kappa shape index (κ2) is 8.50. The lowest BCUT2D eigenvalue weighted by Gasteiger charge is -1.92. The summed E-state index contributed by atoms with van der Waals surface area (Å²) >= 11 is 0. The van der Waals surface area contributed by atoms with Crippen LogP contribution in [0.25, 0.3) is 0 Å². The Bertz CT molecular complexity index is 110. The van der Waals surface area contributed by atoms with E-state index < -0.39 is 0 Å². The van der Waals surface area contributed by atoms with Crippen LogP contribution in [0.3, 0.4) is 0 Å². The first-order valence-corrected chi connectivity index (χ1v) is 2.99. The molecule has 0 saturated carbocycles. The third-order valence-corrected chi connectivity index (χ3v) is 0.979. The lowest BCUT2D eigenvalue weighted by atomic mass is 10.3. The molecule has 0 rings (SSSR count). The highest BCUT2D eigenvalue weighted by atomic mass is 35.5. The number of allylic oxidation sites excluding steroid dienone is 2. The first kappa shape index (κ1) is 12.2. The summed E-state index contributed by atoms with van der Waals surface area (Å²) in [6.07, 6.45) is 5.13. The molecule has 0 fully saturated rings. The van der Waals surface area contributed by atoms with Crippen molar-refractivity contribution in [3.8, 4) is 0 Å². The number of hydrogen-bond acceptors (Lipinski definition) is 2. The summed E-state index contributed by atoms with van der Waals surface area (Å²) in [6.45, 7) is 1.93. The average molecular weight is 165 g/mol. The standard InChI is InChI=1S/C7H12O2.ClH/c1-3-4-5-6-7(8)9-2;/h3-4H,5-6H2,1-2H3;1H/b4-3+;. The van der Waals surface area contributed by atoms with Gasteiger partial charge in [-0.05, 0) is 13.3 Å². The number of hydrogen-bond donors (Lipinski definition) is 0. The second-order valence-corrected chi connectivity index (χ2v) is 1.68. The van der Waals surface area contributed by atoms with Crippen molar-refractivity contribution in [2.45, 2.75) is 19.8 Å². The van der Waals surface area contributed by atoms with E-state index in [9.17, 15) is 4.79 Å². The smallest absolute Gasteiger partial charge is 0.305 e. The lowest BCUT2D eigenvalue weighted by molar-refractivity contribution is -0.140. The van der Waals surface area contributed by atoms with E-state index in [1.165, 1.54) is 7.11 Å². The second-order valence-electron chi connectivity index (χ2n) is 1.68. The molecular formula is C7H13ClO2. The van der Waals surface area contributed by atoms with E-state index >= 15 is 0 Å². The number of ether oxygens (including phenoxy) is 1. The molecule has 0 saturated heterocycles. The van der Waals surface area contributed by atoms with Crippen molar-refractivity contribution < 1.29 is 9.53 Å². The van der Waals surface area contributed by atoms with Gasteiger partial charge in [-0.2, -0.15) is 0 Å². The SMILES string of the molecule is C/C=C/CCC(=O)OC.Cl. The van der Waals surface area contributed by atoms with Crippen LogP contribution >= 0.6 is 12.4 Å². The maximum atomic E-state index is 10.4. The summed E-state index contributed by atoms with van der Waals surface area (Å²) in [6, 6.07) is 0. The van der Waals surface area contributed by atoms with Crippen LogP contribution < -0.4 is 0 Å². The highest BCUT2D eigenvalue weighted by Gasteiger charge is 1.94. The average Bonchev–Trinajstić information content (AvgIpc) is 1.89. The molecule has 0 aliphatic carbocycles. The fourth-order valence-corrected chi connectivity index (χ4v) is 0.470. The van der Waals surface area contributed by atoms with E-state index in [1.807, 2.05) is 19.1 Å². The summed E-state index contributed by atoms with van der Waals surface area (Å²) < 4.78 is 4.42. The molecule has 0 unspecified atom stereocenters. The van der Waals surface area contributed by atoms with Crippen LogP contribution in [0, 0.1) is 0 Å². The van der Waals surface area contributed by atoms with Crippen molar-refractivity contribution in [1.82, 2.24) is 0 Å². The molecule has 2 nitrogen and oxygen atoms in total. The van der Waals surface area contributed by atoms with Crippen LogP contribution in [0.5, 0.6) is 0 Å². The maximum absolute atomic E-state index is 10.4. The fourth-order valence-electron chi connectivity index (χ4n) is 0.470. The van der Waals surface area contributed by atoms with Gasteiger partial charge in [0, 0.05) is 6.42 Å². The fraction of sp³-hybridized carbons (Fsp3) is 0.571. The van der Waals surface area contributed by atoms with Crippen LogP contribution in [-0.2, 0) is 9.53 Å². The van der Waals surface area contributed by atoms with Crippen molar-refractivity contribution >= 4 is 18.4 Å². The molecule has 0 aromatic carbocycles. The van der Waals surface area contributed by atoms with Gasteiger partial charge in [0.25, 0.3) is 0 Å². The summed E-state index contributed by atoms with van der Waals surface area (Å²) in [7, 11) is 1.40. The van der Waals surface area contributed by atoms with Gasteiger partial charge in [0.2, 0.25) is 0 Å². The first-order valence-electron chi connectivity index (χ1n) is 2.99. The van der Waals surface area contributed by atoms with E-state index in [4.69, 9.17) is 0 Å². The van der Waals surface area contributed by atoms with E-state index in [2.05, 4.69) is 4.74 Å². The Morgan fingerprint density at radius 2 is 2.20 bits per heavy atom. The van der Waals surface area contributed by atoms with Gasteiger partial charge < -0.3 is 4.74 Å². The molecule has 0 radical (unpaired) electrons. The molecule has 60 valence electrons. The number of halogens is 1. The maximum Gasteiger partial charge on any atom is 0.305 e. The van der Waals surface area contributed by atoms with Crippen LogP contribution in [0.2, 0.25) is 0 Å². The Morgan fingerprint density at radius 3 is 2.60 bits per heavy atom. The molecule has 0 N–H and O–H groups in total. The van der Waals surface area contributed by atoms with Gasteiger partial charge >= 0.3 is 5.97 Å². The molecule has 0 aromatic heterocycles. The lowest BCUT2D eigenvalue weighted by Crippen LogP contribution is -1.97. The Morgan fingerprint density at radius 1 is 1.60 bits per heavy atom. The topological polar surface area (TPSA) is 26.3 Å². The zero-order valence-corrected chi connectivity index (χ0v) is 7.11. The minimum absolute atomic E-state index is 0. The van der Waals surface area contributed by atoms with Crippen LogP contribution in [0.15, 0.2) is 12.2 Å². The van der Waals surface area contributed by atoms with E-state index in [0.717, 1.165) is 6.42 Å². The molecule has 0 amide bonds. The Balaban J connectivity index is 0. The van der Waals surface area contributed by atoms with E-state index in [1.54, 1.807) is 0 Å². The first-order chi connectivity index (χ1) is 4.31. The molecule has 10 heavy (non-hydrogen) atoms. The predicted molar refractivity (Wildman–Crippen MR) is 43.3 cm³/mol. The molecule has 0 aromatic rings. The van der Waals surface area contributed by atoms with E-state index in [0.29, 0.717) is 6.42 Å². The molecule has 0 aliphatic heterocycles. The molecule has 3 heteroatoms. The Hall–Kier alpha value is -0.500. The zero-order chi connectivity index (χ0) is 7.11. The minimum Gasteiger partial charge on any atom is -0.469 e. The van der Waals surface area contributed by atoms with Crippen molar-refractivity contribution in [2.75, 3.05) is 7.11 Å². The van der Waals surface area contributed by atoms with Crippen LogP contribution in [0.4, 0.5) is 0 Å². The van der Waals surface area contributed by atoms with Gasteiger partial charge in [-0.3, -0.25) is 4.79 Å². The number of esters is 1. The highest BCUT2D eigenvalue weighted by Crippen LogP contribution is 1.91. The van der Waals surface area contributed by atoms with Crippen molar-refractivity contribution in [1.29, 1.82) is 0 Å². The largest absolute Gasteiger partial charge is 0.469 e. The van der Waals surface area contributed by atoms with Gasteiger partial charge in [-0.15, -0.1) is 12.4 Å². The molecule has 0 spiro atoms. The van der Waals surface area contributed by atoms with Gasteiger partial charge in [-0.25, -0.2) is 0 Å². The number of carbonyl (C=O) groups is 1. The normalized spacial score (nSPS) is 9.00. The third kappa shape index (κ3) is 7.50. The van der Waals surface area contributed by atoms with Gasteiger partial charge in [-0.1, -0.05) is 12.2 Å². The summed E-state index contributed by atoms with van der Waals surface area (Å²) in [4.78, 5) is 10.4. The molecular weight excluding hydrogens is 152 g/mol. The quantitative estimate of drug-likeness (QED) is 0.471. The molecule has 0 aliphatic rings. The third-order valence-electron chi connectivity index (χ3n) is 0.979. The Labute approximate surface area is 67.7 Å². The van der Waals surface area contributed by atoms with Crippen LogP contribution in [0.1, 0.15) is 19.8 Å². The summed E-state index contributed by atoms with van der Waals surface area (Å²) in [5, 5.41) is 0. The van der Waals surface area contributed by atoms with Crippen molar-refractivity contribution in [2.24, 2.45) is 0 Å². The number of methoxy groups -OCH3 is 1. The van der Waals surface area contributed by atoms with Crippen LogP contribution in [-0.4, -0.2) is 13.1 Å². The summed E-state index contributed by atoms with van der Waals surface area (Å²) in [5.41, 5.74) is 0. The molecule has 0 bridgehead atoms. The predicted octanol–water partition coefficient (Wildman–Crippen LogP) is 1.94.